The van der Waals surface area contributed by atoms with E-state index < -0.39 is 29.7 Å². The molecule has 184 valence electrons. The Labute approximate surface area is 203 Å². The van der Waals surface area contributed by atoms with Crippen LogP contribution in [0.25, 0.3) is 11.3 Å². The number of benzene rings is 2. The number of hydrogen-bond acceptors (Lipinski definition) is 6. The number of pyridine rings is 1. The number of amides is 2. The van der Waals surface area contributed by atoms with Gasteiger partial charge in [0, 0.05) is 5.56 Å². The summed E-state index contributed by atoms with van der Waals surface area (Å²) in [5.41, 5.74) is 0.607. The summed E-state index contributed by atoms with van der Waals surface area (Å²) in [5.74, 6) is 0.341. The van der Waals surface area contributed by atoms with Crippen LogP contribution in [0.5, 0.6) is 11.5 Å². The summed E-state index contributed by atoms with van der Waals surface area (Å²) >= 11 is 0. The van der Waals surface area contributed by atoms with Gasteiger partial charge < -0.3 is 25.2 Å². The summed E-state index contributed by atoms with van der Waals surface area (Å²) in [5, 5.41) is 15.0. The molecule has 9 heteroatoms. The van der Waals surface area contributed by atoms with E-state index >= 15 is 0 Å². The Hall–Kier alpha value is -3.98. The Bertz CT molecular complexity index is 1160. The van der Waals surface area contributed by atoms with Crippen molar-refractivity contribution in [2.75, 3.05) is 5.32 Å². The topological polar surface area (TPSA) is 110 Å². The lowest BCUT2D eigenvalue weighted by atomic mass is 10.1. The number of aromatic nitrogens is 1. The highest BCUT2D eigenvalue weighted by Gasteiger charge is 2.28. The van der Waals surface area contributed by atoms with Gasteiger partial charge in [0.15, 0.2) is 0 Å². The molecule has 0 saturated carbocycles. The SMILES string of the molecule is CC(O)[C@H](NC(=O)OC(C)(C)C)C(=O)Nc1cccc(-c2ccc(Oc3ccc(F)cc3)cc2)n1. The number of ether oxygens (including phenoxy) is 2. The van der Waals surface area contributed by atoms with Crippen molar-refractivity contribution in [3.63, 3.8) is 0 Å². The largest absolute Gasteiger partial charge is 0.457 e. The van der Waals surface area contributed by atoms with E-state index in [1.54, 1.807) is 63.2 Å². The van der Waals surface area contributed by atoms with E-state index in [4.69, 9.17) is 9.47 Å². The maximum atomic E-state index is 13.1. The van der Waals surface area contributed by atoms with Crippen LogP contribution >= 0.6 is 0 Å². The molecule has 3 N–H and O–H groups in total. The molecule has 0 radical (unpaired) electrons. The maximum Gasteiger partial charge on any atom is 0.408 e. The fraction of sp³-hybridized carbons (Fsp3) is 0.269. The van der Waals surface area contributed by atoms with Gasteiger partial charge in [0.05, 0.1) is 11.8 Å². The molecule has 0 aliphatic heterocycles. The zero-order valence-electron chi connectivity index (χ0n) is 19.9. The number of rotatable bonds is 7. The Morgan fingerprint density at radius 1 is 0.971 bits per heavy atom. The van der Waals surface area contributed by atoms with Crippen LogP contribution in [-0.4, -0.2) is 39.8 Å². The van der Waals surface area contributed by atoms with Crippen LogP contribution in [0.2, 0.25) is 0 Å². The van der Waals surface area contributed by atoms with Crippen molar-refractivity contribution in [2.24, 2.45) is 0 Å². The summed E-state index contributed by atoms with van der Waals surface area (Å²) < 4.78 is 23.9. The quantitative estimate of drug-likeness (QED) is 0.443. The van der Waals surface area contributed by atoms with E-state index in [9.17, 15) is 19.1 Å². The molecule has 0 bridgehead atoms. The molecule has 2 aromatic carbocycles. The second kappa shape index (κ2) is 11.0. The van der Waals surface area contributed by atoms with Crippen molar-refractivity contribution in [1.82, 2.24) is 10.3 Å². The number of hydrogen-bond donors (Lipinski definition) is 3. The molecule has 3 rings (SSSR count). The predicted octanol–water partition coefficient (Wildman–Crippen LogP) is 4.89. The number of nitrogens with zero attached hydrogens (tertiary/aromatic N) is 1. The fourth-order valence-corrected chi connectivity index (χ4v) is 3.04. The number of carbonyl (C=O) groups excluding carboxylic acids is 2. The van der Waals surface area contributed by atoms with E-state index in [-0.39, 0.29) is 11.6 Å². The molecule has 0 aliphatic carbocycles. The van der Waals surface area contributed by atoms with Gasteiger partial charge >= 0.3 is 6.09 Å². The van der Waals surface area contributed by atoms with Gasteiger partial charge in [-0.05, 0) is 88.4 Å². The second-order valence-electron chi connectivity index (χ2n) is 8.84. The Kier molecular flexibility index (Phi) is 8.03. The lowest BCUT2D eigenvalue weighted by Gasteiger charge is -2.24. The number of alkyl carbamates (subject to hydrolysis) is 1. The molecule has 2 atom stereocenters. The van der Waals surface area contributed by atoms with Gasteiger partial charge in [-0.15, -0.1) is 0 Å². The Morgan fingerprint density at radius 3 is 2.14 bits per heavy atom. The predicted molar refractivity (Wildman–Crippen MR) is 130 cm³/mol. The lowest BCUT2D eigenvalue weighted by molar-refractivity contribution is -0.120. The number of halogens is 1. The van der Waals surface area contributed by atoms with Gasteiger partial charge in [-0.2, -0.15) is 0 Å². The average Bonchev–Trinajstić information content (AvgIpc) is 2.78. The number of anilines is 1. The van der Waals surface area contributed by atoms with Crippen LogP contribution in [0.3, 0.4) is 0 Å². The van der Waals surface area contributed by atoms with Gasteiger partial charge in [0.1, 0.15) is 34.8 Å². The number of nitrogens with one attached hydrogen (secondary N) is 2. The van der Waals surface area contributed by atoms with Crippen LogP contribution < -0.4 is 15.4 Å². The summed E-state index contributed by atoms with van der Waals surface area (Å²) in [6.07, 6.45) is -1.98. The van der Waals surface area contributed by atoms with E-state index in [1.165, 1.54) is 31.2 Å². The first-order valence-corrected chi connectivity index (χ1v) is 11.0. The zero-order valence-corrected chi connectivity index (χ0v) is 19.9. The first-order valence-electron chi connectivity index (χ1n) is 11.0. The Balaban J connectivity index is 1.68. The van der Waals surface area contributed by atoms with Gasteiger partial charge in [0.2, 0.25) is 0 Å². The van der Waals surface area contributed by atoms with Crippen molar-refractivity contribution in [3.8, 4) is 22.8 Å². The fourth-order valence-electron chi connectivity index (χ4n) is 3.04. The van der Waals surface area contributed by atoms with Crippen LogP contribution in [0, 0.1) is 5.82 Å². The number of carbonyl (C=O) groups is 2. The van der Waals surface area contributed by atoms with Crippen LogP contribution in [0.1, 0.15) is 27.7 Å². The van der Waals surface area contributed by atoms with Gasteiger partial charge in [-0.1, -0.05) is 6.07 Å². The van der Waals surface area contributed by atoms with E-state index in [2.05, 4.69) is 15.6 Å². The van der Waals surface area contributed by atoms with Crippen molar-refractivity contribution < 1.29 is 28.6 Å². The van der Waals surface area contributed by atoms with Gasteiger partial charge in [-0.3, -0.25) is 4.79 Å². The van der Waals surface area contributed by atoms with E-state index in [0.717, 1.165) is 5.56 Å². The molecule has 35 heavy (non-hydrogen) atoms. The standard InChI is InChI=1S/C26H28FN3O5/c1-16(31)23(30-25(33)35-26(2,3)4)24(32)29-22-7-5-6-21(28-22)17-8-12-19(13-9-17)34-20-14-10-18(27)11-15-20/h5-16,23,31H,1-4H3,(H,30,33)(H,28,29,32)/t16?,23-/m0/s1. The molecule has 2 amide bonds. The first-order chi connectivity index (χ1) is 16.5. The van der Waals surface area contributed by atoms with E-state index in [1.807, 2.05) is 0 Å². The number of aliphatic hydroxyl groups excluding tert-OH is 1. The third kappa shape index (κ3) is 7.79. The first kappa shape index (κ1) is 25.6. The summed E-state index contributed by atoms with van der Waals surface area (Å²) in [7, 11) is 0. The van der Waals surface area contributed by atoms with Crippen molar-refractivity contribution in [1.29, 1.82) is 0 Å². The molecule has 1 unspecified atom stereocenters. The Morgan fingerprint density at radius 2 is 1.57 bits per heavy atom. The van der Waals surface area contributed by atoms with Crippen LogP contribution in [-0.2, 0) is 9.53 Å². The molecule has 0 spiro atoms. The molecular formula is C26H28FN3O5. The molecule has 0 saturated heterocycles. The zero-order chi connectivity index (χ0) is 25.6. The van der Waals surface area contributed by atoms with Gasteiger partial charge in [-0.25, -0.2) is 14.2 Å². The van der Waals surface area contributed by atoms with E-state index in [0.29, 0.717) is 17.2 Å². The minimum atomic E-state index is -1.24. The molecule has 3 aromatic rings. The smallest absolute Gasteiger partial charge is 0.408 e. The maximum absolute atomic E-state index is 13.1. The van der Waals surface area contributed by atoms with Crippen LogP contribution in [0.4, 0.5) is 15.0 Å². The normalized spacial score (nSPS) is 12.9. The summed E-state index contributed by atoms with van der Waals surface area (Å²) in [6.45, 7) is 6.48. The summed E-state index contributed by atoms with van der Waals surface area (Å²) in [4.78, 5) is 29.2. The molecule has 8 nitrogen and oxygen atoms in total. The van der Waals surface area contributed by atoms with Gasteiger partial charge in [0.25, 0.3) is 5.91 Å². The highest BCUT2D eigenvalue weighted by molar-refractivity contribution is 5.96. The van der Waals surface area contributed by atoms with Crippen molar-refractivity contribution in [3.05, 3.63) is 72.5 Å². The lowest BCUT2D eigenvalue weighted by Crippen LogP contribution is -2.51. The minimum Gasteiger partial charge on any atom is -0.457 e. The monoisotopic (exact) mass is 481 g/mol. The third-order valence-electron chi connectivity index (χ3n) is 4.64. The molecule has 1 aromatic heterocycles. The third-order valence-corrected chi connectivity index (χ3v) is 4.64. The number of aliphatic hydroxyl groups is 1. The van der Waals surface area contributed by atoms with Crippen LogP contribution in [0.15, 0.2) is 66.7 Å². The highest BCUT2D eigenvalue weighted by atomic mass is 19.1. The highest BCUT2D eigenvalue weighted by Crippen LogP contribution is 2.26. The molecule has 0 aliphatic rings. The minimum absolute atomic E-state index is 0.246. The molecular weight excluding hydrogens is 453 g/mol. The molecule has 1 heterocycles. The van der Waals surface area contributed by atoms with Crippen molar-refractivity contribution >= 4 is 17.8 Å². The average molecular weight is 482 g/mol. The second-order valence-corrected chi connectivity index (χ2v) is 8.84. The molecule has 0 fully saturated rings. The van der Waals surface area contributed by atoms with Crippen molar-refractivity contribution in [2.45, 2.75) is 45.4 Å². The summed E-state index contributed by atoms with van der Waals surface area (Å²) in [6, 6.07) is 16.7.